The van der Waals surface area contributed by atoms with Gasteiger partial charge in [0.1, 0.15) is 0 Å². The van der Waals surface area contributed by atoms with Crippen molar-refractivity contribution in [1.82, 2.24) is 0 Å². The van der Waals surface area contributed by atoms with Gasteiger partial charge in [-0.05, 0) is 62.4 Å². The minimum Gasteiger partial charge on any atom is -0.501 e. The van der Waals surface area contributed by atoms with Crippen LogP contribution in [0.25, 0.3) is 0 Å². The van der Waals surface area contributed by atoms with Crippen LogP contribution in [0, 0.1) is 23.2 Å². The second-order valence-corrected chi connectivity index (χ2v) is 7.67. The number of allylic oxidation sites excluding steroid dienone is 4. The second kappa shape index (κ2) is 5.26. The van der Waals surface area contributed by atoms with Crippen molar-refractivity contribution < 1.29 is 9.84 Å². The highest BCUT2D eigenvalue weighted by molar-refractivity contribution is 5.34. The molecule has 2 heteroatoms. The van der Waals surface area contributed by atoms with Gasteiger partial charge in [-0.3, -0.25) is 0 Å². The van der Waals surface area contributed by atoms with Crippen molar-refractivity contribution >= 4 is 0 Å². The first-order valence-corrected chi connectivity index (χ1v) is 9.00. The van der Waals surface area contributed by atoms with Gasteiger partial charge in [-0.1, -0.05) is 30.2 Å². The Morgan fingerprint density at radius 2 is 2.18 bits per heavy atom. The van der Waals surface area contributed by atoms with Crippen LogP contribution >= 0.6 is 0 Å². The zero-order valence-corrected chi connectivity index (χ0v) is 13.8. The van der Waals surface area contributed by atoms with E-state index in [1.807, 2.05) is 0 Å². The zero-order chi connectivity index (χ0) is 15.3. The van der Waals surface area contributed by atoms with Crippen molar-refractivity contribution in [3.8, 4) is 0 Å². The Labute approximate surface area is 133 Å². The summed E-state index contributed by atoms with van der Waals surface area (Å²) in [4.78, 5) is 0. The maximum Gasteiger partial charge on any atom is 0.0959 e. The molecule has 5 unspecified atom stereocenters. The third kappa shape index (κ3) is 1.89. The molecule has 4 aliphatic carbocycles. The molecule has 0 aromatic carbocycles. The summed E-state index contributed by atoms with van der Waals surface area (Å²) in [5.41, 5.74) is 3.52. The summed E-state index contributed by atoms with van der Waals surface area (Å²) < 4.78 is 5.48. The lowest BCUT2D eigenvalue weighted by atomic mass is 9.53. The van der Waals surface area contributed by atoms with Crippen LogP contribution < -0.4 is 0 Å². The second-order valence-electron chi connectivity index (χ2n) is 7.67. The summed E-state index contributed by atoms with van der Waals surface area (Å²) in [5.74, 6) is 3.25. The molecule has 0 spiro atoms. The van der Waals surface area contributed by atoms with E-state index in [2.05, 4.69) is 25.2 Å². The van der Waals surface area contributed by atoms with E-state index in [1.165, 1.54) is 25.7 Å². The standard InChI is InChI=1S/C20H28O2/c1-3-20-11-10-16-15-7-5-14(22-2)12-13(15)4-6-17(16)18(20)8-9-19(20)21/h5,8-9,16-19,21H,3-4,6-7,10-12H2,1-2H3. The lowest BCUT2D eigenvalue weighted by Crippen LogP contribution is -2.47. The Bertz CT molecular complexity index is 556. The van der Waals surface area contributed by atoms with Gasteiger partial charge < -0.3 is 9.84 Å². The normalized spacial score (nSPS) is 43.3. The molecule has 2 nitrogen and oxygen atoms in total. The Morgan fingerprint density at radius 1 is 1.32 bits per heavy atom. The van der Waals surface area contributed by atoms with E-state index in [4.69, 9.17) is 4.74 Å². The largest absolute Gasteiger partial charge is 0.501 e. The van der Waals surface area contributed by atoms with Crippen LogP contribution in [0.3, 0.4) is 0 Å². The number of aliphatic hydroxyl groups is 1. The Balaban J connectivity index is 1.63. The van der Waals surface area contributed by atoms with Gasteiger partial charge in [-0.15, -0.1) is 0 Å². The molecule has 4 aliphatic rings. The molecule has 0 amide bonds. The number of rotatable bonds is 2. The smallest absolute Gasteiger partial charge is 0.0959 e. The summed E-state index contributed by atoms with van der Waals surface area (Å²) >= 11 is 0. The van der Waals surface area contributed by atoms with E-state index in [9.17, 15) is 5.11 Å². The van der Waals surface area contributed by atoms with Gasteiger partial charge in [0.2, 0.25) is 0 Å². The van der Waals surface area contributed by atoms with Crippen LogP contribution in [0.4, 0.5) is 0 Å². The van der Waals surface area contributed by atoms with Gasteiger partial charge >= 0.3 is 0 Å². The summed E-state index contributed by atoms with van der Waals surface area (Å²) in [6.07, 6.45) is 14.7. The molecule has 22 heavy (non-hydrogen) atoms. The number of hydrogen-bond donors (Lipinski definition) is 1. The van der Waals surface area contributed by atoms with Crippen molar-refractivity contribution in [2.45, 2.75) is 58.0 Å². The molecule has 0 aromatic heterocycles. The monoisotopic (exact) mass is 300 g/mol. The zero-order valence-electron chi connectivity index (χ0n) is 13.8. The fourth-order valence-corrected chi connectivity index (χ4v) is 5.94. The van der Waals surface area contributed by atoms with Gasteiger partial charge in [0, 0.05) is 11.8 Å². The minimum atomic E-state index is -0.217. The Hall–Kier alpha value is -1.02. The van der Waals surface area contributed by atoms with E-state index in [1.54, 1.807) is 18.3 Å². The molecular weight excluding hydrogens is 272 g/mol. The number of methoxy groups -OCH3 is 1. The van der Waals surface area contributed by atoms with Gasteiger partial charge in [0.15, 0.2) is 0 Å². The summed E-state index contributed by atoms with van der Waals surface area (Å²) in [6.45, 7) is 2.27. The average Bonchev–Trinajstić information content (AvgIpc) is 2.91. The Morgan fingerprint density at radius 3 is 2.95 bits per heavy atom. The highest BCUT2D eigenvalue weighted by Gasteiger charge is 2.54. The number of ether oxygens (including phenoxy) is 1. The maximum atomic E-state index is 10.5. The number of fused-ring (bicyclic) bond motifs is 4. The first kappa shape index (κ1) is 14.6. The van der Waals surface area contributed by atoms with E-state index < -0.39 is 0 Å². The van der Waals surface area contributed by atoms with Crippen LogP contribution in [0.1, 0.15) is 51.9 Å². The average molecular weight is 300 g/mol. The highest BCUT2D eigenvalue weighted by atomic mass is 16.5. The van der Waals surface area contributed by atoms with E-state index in [0.717, 1.165) is 36.9 Å². The van der Waals surface area contributed by atoms with E-state index in [-0.39, 0.29) is 11.5 Å². The van der Waals surface area contributed by atoms with Crippen LogP contribution in [0.2, 0.25) is 0 Å². The maximum absolute atomic E-state index is 10.5. The van der Waals surface area contributed by atoms with E-state index >= 15 is 0 Å². The number of hydrogen-bond acceptors (Lipinski definition) is 2. The fourth-order valence-electron chi connectivity index (χ4n) is 5.94. The minimum absolute atomic E-state index is 0.140. The topological polar surface area (TPSA) is 29.5 Å². The van der Waals surface area contributed by atoms with Crippen molar-refractivity contribution in [3.05, 3.63) is 35.1 Å². The van der Waals surface area contributed by atoms with Gasteiger partial charge in [-0.25, -0.2) is 0 Å². The van der Waals surface area contributed by atoms with Crippen LogP contribution in [0.15, 0.2) is 35.1 Å². The molecule has 1 fully saturated rings. The van der Waals surface area contributed by atoms with Crippen LogP contribution in [-0.4, -0.2) is 18.3 Å². The van der Waals surface area contributed by atoms with Crippen LogP contribution in [0.5, 0.6) is 0 Å². The Kier molecular flexibility index (Phi) is 3.48. The molecule has 0 saturated heterocycles. The molecule has 1 saturated carbocycles. The molecule has 0 radical (unpaired) electrons. The molecule has 0 bridgehead atoms. The first-order valence-electron chi connectivity index (χ1n) is 9.00. The quantitative estimate of drug-likeness (QED) is 0.767. The first-order chi connectivity index (χ1) is 10.7. The molecule has 0 heterocycles. The highest BCUT2D eigenvalue weighted by Crippen LogP contribution is 2.60. The fraction of sp³-hybridized carbons (Fsp3) is 0.700. The molecular formula is C20H28O2. The predicted octanol–water partition coefficient (Wildman–Crippen LogP) is 4.37. The lowest BCUT2D eigenvalue weighted by molar-refractivity contribution is -0.0357. The van der Waals surface area contributed by atoms with Crippen molar-refractivity contribution in [3.63, 3.8) is 0 Å². The van der Waals surface area contributed by atoms with Gasteiger partial charge in [0.05, 0.1) is 19.0 Å². The molecule has 0 aromatic rings. The molecule has 5 atom stereocenters. The van der Waals surface area contributed by atoms with Gasteiger partial charge in [0.25, 0.3) is 0 Å². The molecule has 120 valence electrons. The molecule has 4 rings (SSSR count). The van der Waals surface area contributed by atoms with Crippen LogP contribution in [-0.2, 0) is 4.74 Å². The summed E-state index contributed by atoms with van der Waals surface area (Å²) in [7, 11) is 1.80. The van der Waals surface area contributed by atoms with Crippen molar-refractivity contribution in [2.75, 3.05) is 7.11 Å². The lowest BCUT2D eigenvalue weighted by Gasteiger charge is -2.52. The summed E-state index contributed by atoms with van der Waals surface area (Å²) in [5, 5.41) is 10.5. The third-order valence-electron chi connectivity index (χ3n) is 7.19. The molecule has 1 N–H and O–H groups in total. The summed E-state index contributed by atoms with van der Waals surface area (Å²) in [6, 6.07) is 0. The SMILES string of the molecule is CCC12CCC3C4=C(CCC3C1C=CC2O)CC(OC)=CC4. The number of aliphatic hydroxyl groups excluding tert-OH is 1. The predicted molar refractivity (Wildman–Crippen MR) is 88.2 cm³/mol. The third-order valence-corrected chi connectivity index (χ3v) is 7.19. The molecule has 0 aliphatic heterocycles. The van der Waals surface area contributed by atoms with Crippen molar-refractivity contribution in [2.24, 2.45) is 23.2 Å². The van der Waals surface area contributed by atoms with Gasteiger partial charge in [-0.2, -0.15) is 0 Å². The van der Waals surface area contributed by atoms with Crippen molar-refractivity contribution in [1.29, 1.82) is 0 Å². The van der Waals surface area contributed by atoms with E-state index in [0.29, 0.717) is 5.92 Å².